The third-order valence-electron chi connectivity index (χ3n) is 5.63. The Balaban J connectivity index is 2.04. The standard InChI is InChI=1S/C26H26BrCl2N3O4S/c1-30-26(34)24(14-18-7-4-3-5-8-18)31(16-19-11-12-22(28)23(29)13-19)25(33)17-32(37(2,35)36)21-10-6-9-20(27)15-21/h3-13,15,24H,14,16-17H2,1-2H3,(H,30,34). The number of nitrogens with one attached hydrogen (secondary N) is 1. The molecule has 37 heavy (non-hydrogen) atoms. The van der Waals surface area contributed by atoms with Gasteiger partial charge in [-0.15, -0.1) is 0 Å². The van der Waals surface area contributed by atoms with E-state index in [4.69, 9.17) is 23.2 Å². The maximum absolute atomic E-state index is 13.8. The summed E-state index contributed by atoms with van der Waals surface area (Å²) < 4.78 is 27.1. The van der Waals surface area contributed by atoms with Crippen LogP contribution in [0.1, 0.15) is 11.1 Å². The van der Waals surface area contributed by atoms with Crippen LogP contribution in [0.15, 0.2) is 77.3 Å². The molecule has 3 rings (SSSR count). The molecule has 0 saturated heterocycles. The van der Waals surface area contributed by atoms with Gasteiger partial charge in [-0.2, -0.15) is 0 Å². The number of carbonyl (C=O) groups excluding carboxylic acids is 2. The summed E-state index contributed by atoms with van der Waals surface area (Å²) in [4.78, 5) is 28.3. The lowest BCUT2D eigenvalue weighted by Crippen LogP contribution is -2.52. The predicted molar refractivity (Wildman–Crippen MR) is 151 cm³/mol. The lowest BCUT2D eigenvalue weighted by Gasteiger charge is -2.33. The van der Waals surface area contributed by atoms with E-state index in [2.05, 4.69) is 21.2 Å². The molecule has 196 valence electrons. The molecule has 0 aliphatic rings. The summed E-state index contributed by atoms with van der Waals surface area (Å²) in [6.45, 7) is -0.490. The van der Waals surface area contributed by atoms with Crippen LogP contribution in [0.25, 0.3) is 0 Å². The molecule has 0 fully saturated rings. The lowest BCUT2D eigenvalue weighted by atomic mass is 10.0. The SMILES string of the molecule is CNC(=O)C(Cc1ccccc1)N(Cc1ccc(Cl)c(Cl)c1)C(=O)CN(c1cccc(Br)c1)S(C)(=O)=O. The molecule has 3 aromatic carbocycles. The zero-order valence-corrected chi connectivity index (χ0v) is 24.1. The highest BCUT2D eigenvalue weighted by atomic mass is 79.9. The molecular weight excluding hydrogens is 601 g/mol. The summed E-state index contributed by atoms with van der Waals surface area (Å²) in [5.41, 5.74) is 1.80. The fourth-order valence-corrected chi connectivity index (χ4v) is 5.35. The number of benzene rings is 3. The zero-order chi connectivity index (χ0) is 27.2. The van der Waals surface area contributed by atoms with E-state index in [0.717, 1.165) is 16.1 Å². The molecule has 0 bridgehead atoms. The number of amides is 2. The first-order valence-electron chi connectivity index (χ1n) is 11.2. The summed E-state index contributed by atoms with van der Waals surface area (Å²) in [7, 11) is -2.34. The van der Waals surface area contributed by atoms with E-state index in [1.54, 1.807) is 42.5 Å². The first kappa shape index (κ1) is 29.0. The summed E-state index contributed by atoms with van der Waals surface area (Å²) in [5.74, 6) is -0.938. The molecule has 7 nitrogen and oxygen atoms in total. The Labute approximate surface area is 235 Å². The maximum atomic E-state index is 13.8. The Kier molecular flexibility index (Phi) is 10.0. The van der Waals surface area contributed by atoms with E-state index in [1.165, 1.54) is 11.9 Å². The number of rotatable bonds is 10. The van der Waals surface area contributed by atoms with Crippen LogP contribution < -0.4 is 9.62 Å². The topological polar surface area (TPSA) is 86.8 Å². The molecule has 2 amide bonds. The van der Waals surface area contributed by atoms with Gasteiger partial charge in [0.25, 0.3) is 0 Å². The van der Waals surface area contributed by atoms with Crippen molar-refractivity contribution in [1.82, 2.24) is 10.2 Å². The second-order valence-corrected chi connectivity index (χ2v) is 12.0. The number of sulfonamides is 1. The van der Waals surface area contributed by atoms with E-state index in [0.29, 0.717) is 25.8 Å². The van der Waals surface area contributed by atoms with Crippen molar-refractivity contribution in [3.05, 3.63) is 98.4 Å². The van der Waals surface area contributed by atoms with Gasteiger partial charge in [0, 0.05) is 24.5 Å². The van der Waals surface area contributed by atoms with E-state index in [-0.39, 0.29) is 18.9 Å². The van der Waals surface area contributed by atoms with Crippen LogP contribution in [0.3, 0.4) is 0 Å². The average Bonchev–Trinajstić information content (AvgIpc) is 2.86. The molecule has 0 saturated carbocycles. The van der Waals surface area contributed by atoms with Crippen LogP contribution >= 0.6 is 39.1 Å². The van der Waals surface area contributed by atoms with Gasteiger partial charge in [-0.3, -0.25) is 13.9 Å². The fraction of sp³-hybridized carbons (Fsp3) is 0.231. The second-order valence-electron chi connectivity index (χ2n) is 8.34. The molecule has 0 spiro atoms. The minimum Gasteiger partial charge on any atom is -0.357 e. The van der Waals surface area contributed by atoms with Gasteiger partial charge in [-0.1, -0.05) is 81.6 Å². The van der Waals surface area contributed by atoms with Crippen LogP contribution in [0, 0.1) is 0 Å². The maximum Gasteiger partial charge on any atom is 0.244 e. The van der Waals surface area contributed by atoms with Crippen LogP contribution in [0.5, 0.6) is 0 Å². The molecule has 0 radical (unpaired) electrons. The van der Waals surface area contributed by atoms with Gasteiger partial charge in [0.1, 0.15) is 12.6 Å². The van der Waals surface area contributed by atoms with Gasteiger partial charge < -0.3 is 10.2 Å². The molecule has 0 heterocycles. The van der Waals surface area contributed by atoms with Crippen molar-refractivity contribution >= 4 is 66.7 Å². The second kappa shape index (κ2) is 12.8. The minimum atomic E-state index is -3.83. The normalized spacial score (nSPS) is 12.0. The number of nitrogens with zero attached hydrogens (tertiary/aromatic N) is 2. The summed E-state index contributed by atoms with van der Waals surface area (Å²) in [6.07, 6.45) is 1.26. The third-order valence-corrected chi connectivity index (χ3v) is 8.00. The number of carbonyl (C=O) groups is 2. The molecule has 0 aliphatic heterocycles. The molecular formula is C26H26BrCl2N3O4S. The van der Waals surface area contributed by atoms with Crippen LogP contribution in [0.2, 0.25) is 10.0 Å². The minimum absolute atomic E-state index is 0.0106. The smallest absolute Gasteiger partial charge is 0.244 e. The number of anilines is 1. The van der Waals surface area contributed by atoms with Gasteiger partial charge >= 0.3 is 0 Å². The van der Waals surface area contributed by atoms with E-state index in [9.17, 15) is 18.0 Å². The highest BCUT2D eigenvalue weighted by Crippen LogP contribution is 2.26. The van der Waals surface area contributed by atoms with Crippen molar-refractivity contribution < 1.29 is 18.0 Å². The van der Waals surface area contributed by atoms with E-state index < -0.39 is 28.5 Å². The zero-order valence-electron chi connectivity index (χ0n) is 20.2. The van der Waals surface area contributed by atoms with Gasteiger partial charge in [0.2, 0.25) is 21.8 Å². The molecule has 1 atom stereocenters. The lowest BCUT2D eigenvalue weighted by molar-refractivity contribution is -0.139. The molecule has 3 aromatic rings. The highest BCUT2D eigenvalue weighted by Gasteiger charge is 2.32. The highest BCUT2D eigenvalue weighted by molar-refractivity contribution is 9.10. The first-order chi connectivity index (χ1) is 17.5. The monoisotopic (exact) mass is 625 g/mol. The van der Waals surface area contributed by atoms with Crippen LogP contribution in [0.4, 0.5) is 5.69 Å². The average molecular weight is 627 g/mol. The Morgan fingerprint density at radius 2 is 1.65 bits per heavy atom. The Morgan fingerprint density at radius 1 is 0.946 bits per heavy atom. The van der Waals surface area contributed by atoms with Crippen molar-refractivity contribution in [1.29, 1.82) is 0 Å². The van der Waals surface area contributed by atoms with Gasteiger partial charge in [0.05, 0.1) is 22.0 Å². The largest absolute Gasteiger partial charge is 0.357 e. The molecule has 0 aromatic heterocycles. The summed E-state index contributed by atoms with van der Waals surface area (Å²) in [6, 6.07) is 19.9. The Bertz CT molecular complexity index is 1370. The molecule has 1 N–H and O–H groups in total. The van der Waals surface area contributed by atoms with Gasteiger partial charge in [0.15, 0.2) is 0 Å². The van der Waals surface area contributed by atoms with Crippen molar-refractivity contribution in [3.63, 3.8) is 0 Å². The van der Waals surface area contributed by atoms with E-state index in [1.807, 2.05) is 30.3 Å². The van der Waals surface area contributed by atoms with Crippen molar-refractivity contribution in [3.8, 4) is 0 Å². The van der Waals surface area contributed by atoms with Crippen molar-refractivity contribution in [2.24, 2.45) is 0 Å². The van der Waals surface area contributed by atoms with Gasteiger partial charge in [-0.05, 0) is 41.5 Å². The number of likely N-dealkylation sites (N-methyl/N-ethyl adjacent to an activating group) is 1. The third kappa shape index (κ3) is 7.95. The van der Waals surface area contributed by atoms with Crippen molar-refractivity contribution in [2.45, 2.75) is 19.0 Å². The number of hydrogen-bond donors (Lipinski definition) is 1. The fourth-order valence-electron chi connectivity index (χ4n) is 3.80. The predicted octanol–water partition coefficient (Wildman–Crippen LogP) is 4.91. The Morgan fingerprint density at radius 3 is 2.24 bits per heavy atom. The molecule has 1 unspecified atom stereocenters. The van der Waals surface area contributed by atoms with E-state index >= 15 is 0 Å². The quantitative estimate of drug-likeness (QED) is 0.347. The van der Waals surface area contributed by atoms with Crippen molar-refractivity contribution in [2.75, 3.05) is 24.2 Å². The number of hydrogen-bond acceptors (Lipinski definition) is 4. The number of halogens is 3. The van der Waals surface area contributed by atoms with Gasteiger partial charge in [-0.25, -0.2) is 8.42 Å². The van der Waals surface area contributed by atoms with Crippen LogP contribution in [-0.2, 0) is 32.6 Å². The first-order valence-corrected chi connectivity index (χ1v) is 14.6. The summed E-state index contributed by atoms with van der Waals surface area (Å²) >= 11 is 15.6. The Hall–Kier alpha value is -2.59. The summed E-state index contributed by atoms with van der Waals surface area (Å²) in [5, 5.41) is 3.29. The van der Waals surface area contributed by atoms with Crippen LogP contribution in [-0.4, -0.2) is 51.0 Å². The molecule has 11 heteroatoms. The molecule has 0 aliphatic carbocycles.